The van der Waals surface area contributed by atoms with Crippen molar-refractivity contribution in [2.24, 2.45) is 0 Å². The van der Waals surface area contributed by atoms with Gasteiger partial charge in [0.1, 0.15) is 18.4 Å². The summed E-state index contributed by atoms with van der Waals surface area (Å²) in [7, 11) is 0. The highest BCUT2D eigenvalue weighted by Crippen LogP contribution is 2.37. The summed E-state index contributed by atoms with van der Waals surface area (Å²) in [6.07, 6.45) is -4.23. The fourth-order valence-corrected chi connectivity index (χ4v) is 5.69. The standard InChI is InChI=1S/C26H31ClF4N8O2/c1-3-20-22(36-9-6-32-7-10-36)23(41)39-25(34-24(35-39)37-8-4-5-16(28)13-37)38(20)14-21(40)33-19-12-18(27)17(11-15(19)2)26(29,30)31/h11-12,16,32H,3-10,13-14H2,1-2H3,(H,33,40). The lowest BCUT2D eigenvalue weighted by atomic mass is 10.1. The van der Waals surface area contributed by atoms with Crippen LogP contribution in [-0.2, 0) is 23.9 Å². The van der Waals surface area contributed by atoms with Gasteiger partial charge in [0.25, 0.3) is 5.56 Å². The van der Waals surface area contributed by atoms with Gasteiger partial charge in [-0.25, -0.2) is 4.39 Å². The molecule has 1 amide bonds. The van der Waals surface area contributed by atoms with Crippen LogP contribution in [0.2, 0.25) is 5.02 Å². The summed E-state index contributed by atoms with van der Waals surface area (Å²) in [5.74, 6) is -0.232. The van der Waals surface area contributed by atoms with Crippen LogP contribution in [0.4, 0.5) is 34.9 Å². The molecular weight excluding hydrogens is 568 g/mol. The van der Waals surface area contributed by atoms with E-state index >= 15 is 0 Å². The number of anilines is 3. The number of aryl methyl sites for hydroxylation is 1. The number of piperidine rings is 1. The number of alkyl halides is 4. The first-order valence-corrected chi connectivity index (χ1v) is 13.9. The number of amides is 1. The molecule has 0 aliphatic carbocycles. The fourth-order valence-electron chi connectivity index (χ4n) is 5.41. The van der Waals surface area contributed by atoms with E-state index in [1.165, 1.54) is 6.92 Å². The predicted molar refractivity (Wildman–Crippen MR) is 148 cm³/mol. The third kappa shape index (κ3) is 5.85. The number of nitrogens with zero attached hydrogens (tertiary/aromatic N) is 6. The number of fused-ring (bicyclic) bond motifs is 1. The van der Waals surface area contributed by atoms with Gasteiger partial charge in [-0.1, -0.05) is 18.5 Å². The molecule has 2 saturated heterocycles. The van der Waals surface area contributed by atoms with Crippen LogP contribution in [0, 0.1) is 6.92 Å². The van der Waals surface area contributed by atoms with Crippen LogP contribution >= 0.6 is 11.6 Å². The van der Waals surface area contributed by atoms with Crippen LogP contribution < -0.4 is 26.0 Å². The van der Waals surface area contributed by atoms with E-state index in [1.807, 2.05) is 11.8 Å². The molecule has 222 valence electrons. The van der Waals surface area contributed by atoms with Crippen LogP contribution in [0.3, 0.4) is 0 Å². The highest BCUT2D eigenvalue weighted by molar-refractivity contribution is 6.31. The first-order valence-electron chi connectivity index (χ1n) is 13.5. The Hall–Kier alpha value is -3.39. The number of rotatable bonds is 6. The summed E-state index contributed by atoms with van der Waals surface area (Å²) in [6.45, 7) is 6.12. The van der Waals surface area contributed by atoms with Crippen molar-refractivity contribution in [3.05, 3.63) is 44.3 Å². The highest BCUT2D eigenvalue weighted by Gasteiger charge is 2.34. The summed E-state index contributed by atoms with van der Waals surface area (Å²) in [4.78, 5) is 35.3. The van der Waals surface area contributed by atoms with E-state index in [1.54, 1.807) is 9.47 Å². The second-order valence-corrected chi connectivity index (χ2v) is 10.7. The lowest BCUT2D eigenvalue weighted by Gasteiger charge is -2.31. The summed E-state index contributed by atoms with van der Waals surface area (Å²) in [6, 6.07) is 1.96. The molecule has 2 N–H and O–H groups in total. The summed E-state index contributed by atoms with van der Waals surface area (Å²) in [5.41, 5.74) is -0.0737. The Bertz CT molecular complexity index is 1520. The Morgan fingerprint density at radius 1 is 1.20 bits per heavy atom. The molecule has 2 aromatic heterocycles. The molecule has 0 bridgehead atoms. The van der Waals surface area contributed by atoms with Gasteiger partial charge in [0.15, 0.2) is 0 Å². The van der Waals surface area contributed by atoms with Crippen LogP contribution in [-0.4, -0.2) is 70.5 Å². The van der Waals surface area contributed by atoms with Crippen LogP contribution in [0.1, 0.15) is 36.6 Å². The molecule has 5 rings (SSSR count). The molecule has 10 nitrogen and oxygen atoms in total. The minimum absolute atomic E-state index is 0.102. The molecule has 0 saturated carbocycles. The predicted octanol–water partition coefficient (Wildman–Crippen LogP) is 3.42. The van der Waals surface area contributed by atoms with Gasteiger partial charge in [-0.3, -0.25) is 9.59 Å². The van der Waals surface area contributed by atoms with Crippen molar-refractivity contribution in [2.75, 3.05) is 54.4 Å². The number of hydrogen-bond acceptors (Lipinski definition) is 7. The van der Waals surface area contributed by atoms with Gasteiger partial charge in [0.2, 0.25) is 17.6 Å². The molecule has 41 heavy (non-hydrogen) atoms. The highest BCUT2D eigenvalue weighted by atomic mass is 35.5. The molecule has 4 heterocycles. The Morgan fingerprint density at radius 2 is 1.93 bits per heavy atom. The maximum atomic E-state index is 14.2. The largest absolute Gasteiger partial charge is 0.417 e. The number of carbonyl (C=O) groups excluding carboxylic acids is 1. The van der Waals surface area contributed by atoms with Crippen molar-refractivity contribution in [1.29, 1.82) is 0 Å². The number of hydrogen-bond donors (Lipinski definition) is 2. The maximum Gasteiger partial charge on any atom is 0.417 e. The number of halogens is 5. The minimum Gasteiger partial charge on any atom is -0.363 e. The SMILES string of the molecule is CCc1c(N2CCNCC2)c(=O)n2nc(N3CCCC(F)C3)nc2n1CC(=O)Nc1cc(Cl)c(C(F)(F)F)cc1C. The lowest BCUT2D eigenvalue weighted by Crippen LogP contribution is -2.47. The van der Waals surface area contributed by atoms with Crippen molar-refractivity contribution in [2.45, 2.75) is 52.0 Å². The molecule has 3 aromatic rings. The second-order valence-electron chi connectivity index (χ2n) is 10.3. The van der Waals surface area contributed by atoms with Crippen molar-refractivity contribution >= 4 is 40.6 Å². The average Bonchev–Trinajstić information content (AvgIpc) is 3.38. The number of benzene rings is 1. The molecule has 1 atom stereocenters. The van der Waals surface area contributed by atoms with Gasteiger partial charge in [-0.2, -0.15) is 22.7 Å². The van der Waals surface area contributed by atoms with Crippen LogP contribution in [0.5, 0.6) is 0 Å². The van der Waals surface area contributed by atoms with Gasteiger partial charge in [-0.15, -0.1) is 5.10 Å². The quantitative estimate of drug-likeness (QED) is 0.420. The maximum absolute atomic E-state index is 14.2. The zero-order valence-corrected chi connectivity index (χ0v) is 23.4. The Morgan fingerprint density at radius 3 is 2.59 bits per heavy atom. The number of piperazine rings is 1. The summed E-state index contributed by atoms with van der Waals surface area (Å²) in [5, 5.41) is 9.82. The van der Waals surface area contributed by atoms with E-state index in [0.29, 0.717) is 63.4 Å². The smallest absolute Gasteiger partial charge is 0.363 e. The van der Waals surface area contributed by atoms with Gasteiger partial charge >= 0.3 is 6.18 Å². The minimum atomic E-state index is -4.63. The molecule has 1 aromatic carbocycles. The molecule has 0 radical (unpaired) electrons. The molecule has 2 aliphatic rings. The first-order chi connectivity index (χ1) is 19.5. The summed E-state index contributed by atoms with van der Waals surface area (Å²) >= 11 is 5.89. The first kappa shape index (κ1) is 29.1. The van der Waals surface area contributed by atoms with Crippen LogP contribution in [0.25, 0.3) is 5.78 Å². The van der Waals surface area contributed by atoms with Crippen molar-refractivity contribution in [1.82, 2.24) is 24.5 Å². The van der Waals surface area contributed by atoms with Crippen LogP contribution in [0.15, 0.2) is 16.9 Å². The normalized spacial score (nSPS) is 18.3. The van der Waals surface area contributed by atoms with E-state index < -0.39 is 28.8 Å². The monoisotopic (exact) mass is 598 g/mol. The van der Waals surface area contributed by atoms with Crippen molar-refractivity contribution in [3.63, 3.8) is 0 Å². The van der Waals surface area contributed by atoms with E-state index in [2.05, 4.69) is 20.7 Å². The Labute approximate surface area is 238 Å². The average molecular weight is 599 g/mol. The van der Waals surface area contributed by atoms with Gasteiger partial charge < -0.3 is 25.0 Å². The van der Waals surface area contributed by atoms with E-state index in [4.69, 9.17) is 11.6 Å². The molecule has 0 spiro atoms. The molecule has 2 fully saturated rings. The van der Waals surface area contributed by atoms with E-state index in [-0.39, 0.29) is 41.6 Å². The summed E-state index contributed by atoms with van der Waals surface area (Å²) < 4.78 is 56.8. The van der Waals surface area contributed by atoms with Gasteiger partial charge in [0, 0.05) is 38.4 Å². The van der Waals surface area contributed by atoms with Crippen molar-refractivity contribution in [3.8, 4) is 0 Å². The number of nitrogens with one attached hydrogen (secondary N) is 2. The molecule has 1 unspecified atom stereocenters. The van der Waals surface area contributed by atoms with E-state index in [9.17, 15) is 27.2 Å². The zero-order valence-electron chi connectivity index (χ0n) is 22.7. The molecular formula is C26H31ClF4N8O2. The third-order valence-corrected chi connectivity index (χ3v) is 7.74. The van der Waals surface area contributed by atoms with Gasteiger partial charge in [0.05, 0.1) is 22.8 Å². The zero-order chi connectivity index (χ0) is 29.5. The third-order valence-electron chi connectivity index (χ3n) is 7.42. The molecule has 15 heteroatoms. The lowest BCUT2D eigenvalue weighted by molar-refractivity contribution is -0.137. The second kappa shape index (κ2) is 11.5. The Balaban J connectivity index is 1.56. The molecule has 2 aliphatic heterocycles. The van der Waals surface area contributed by atoms with Crippen molar-refractivity contribution < 1.29 is 22.4 Å². The van der Waals surface area contributed by atoms with Gasteiger partial charge in [-0.05, 0) is 43.9 Å². The van der Waals surface area contributed by atoms with E-state index in [0.717, 1.165) is 16.6 Å². The Kier molecular flexibility index (Phi) is 8.15. The number of aromatic nitrogens is 4. The fraction of sp³-hybridized carbons (Fsp3) is 0.538. The topological polar surface area (TPSA) is 99.8 Å². The number of carbonyl (C=O) groups is 1.